The lowest BCUT2D eigenvalue weighted by molar-refractivity contribution is 0.252. The van der Waals surface area contributed by atoms with Crippen LogP contribution in [-0.2, 0) is 12.0 Å². The first kappa shape index (κ1) is 17.8. The molecule has 3 aromatic carbocycles. The minimum Gasteiger partial charge on any atom is -0.507 e. The van der Waals surface area contributed by atoms with Crippen molar-refractivity contribution in [2.45, 2.75) is 32.7 Å². The van der Waals surface area contributed by atoms with Crippen LogP contribution < -0.4 is 10.6 Å². The van der Waals surface area contributed by atoms with Crippen molar-refractivity contribution in [1.82, 2.24) is 5.32 Å². The first-order chi connectivity index (χ1) is 12.3. The molecule has 0 aromatic heterocycles. The zero-order valence-corrected chi connectivity index (χ0v) is 15.3. The van der Waals surface area contributed by atoms with E-state index in [0.29, 0.717) is 17.6 Å². The predicted molar refractivity (Wildman–Crippen MR) is 107 cm³/mol. The second-order valence-electron chi connectivity index (χ2n) is 7.43. The normalized spacial score (nSPS) is 11.3. The fourth-order valence-corrected chi connectivity index (χ4v) is 2.86. The van der Waals surface area contributed by atoms with Crippen LogP contribution in [0.2, 0.25) is 0 Å². The summed E-state index contributed by atoms with van der Waals surface area (Å²) in [6.45, 7) is 6.98. The summed E-state index contributed by atoms with van der Waals surface area (Å²) in [5.74, 6) is 0.200. The second kappa shape index (κ2) is 7.08. The van der Waals surface area contributed by atoms with Gasteiger partial charge in [0.25, 0.3) is 0 Å². The number of benzene rings is 3. The fraction of sp³-hybridized carbons (Fsp3) is 0.227. The van der Waals surface area contributed by atoms with Crippen molar-refractivity contribution in [2.24, 2.45) is 0 Å². The summed E-state index contributed by atoms with van der Waals surface area (Å²) in [4.78, 5) is 12.3. The molecule has 4 heteroatoms. The number of phenols is 1. The van der Waals surface area contributed by atoms with Crippen molar-refractivity contribution in [1.29, 1.82) is 0 Å². The van der Waals surface area contributed by atoms with E-state index in [1.54, 1.807) is 12.1 Å². The highest BCUT2D eigenvalue weighted by molar-refractivity contribution is 6.03. The maximum atomic E-state index is 12.3. The smallest absolute Gasteiger partial charge is 0.319 e. The summed E-state index contributed by atoms with van der Waals surface area (Å²) in [6.07, 6.45) is 0. The molecule has 3 aromatic rings. The lowest BCUT2D eigenvalue weighted by atomic mass is 9.87. The number of hydrogen-bond donors (Lipinski definition) is 3. The Hall–Kier alpha value is -3.01. The van der Waals surface area contributed by atoms with Crippen LogP contribution in [0.15, 0.2) is 60.7 Å². The fourth-order valence-electron chi connectivity index (χ4n) is 2.86. The summed E-state index contributed by atoms with van der Waals surface area (Å²) in [5, 5.41) is 17.2. The van der Waals surface area contributed by atoms with Gasteiger partial charge in [0.2, 0.25) is 0 Å². The minimum absolute atomic E-state index is 0.114. The van der Waals surface area contributed by atoms with Crippen molar-refractivity contribution >= 4 is 22.5 Å². The topological polar surface area (TPSA) is 61.4 Å². The lowest BCUT2D eigenvalue weighted by Gasteiger charge is -2.19. The van der Waals surface area contributed by atoms with E-state index in [1.165, 1.54) is 5.56 Å². The molecule has 0 spiro atoms. The summed E-state index contributed by atoms with van der Waals surface area (Å²) in [7, 11) is 0. The molecule has 0 atom stereocenters. The van der Waals surface area contributed by atoms with E-state index in [9.17, 15) is 9.90 Å². The van der Waals surface area contributed by atoms with E-state index in [-0.39, 0.29) is 17.2 Å². The molecule has 0 aliphatic carbocycles. The summed E-state index contributed by atoms with van der Waals surface area (Å²) in [5.41, 5.74) is 3.09. The Kier molecular flexibility index (Phi) is 4.85. The maximum absolute atomic E-state index is 12.3. The minimum atomic E-state index is -0.277. The summed E-state index contributed by atoms with van der Waals surface area (Å²) >= 11 is 0. The third-order valence-corrected chi connectivity index (χ3v) is 4.42. The highest BCUT2D eigenvalue weighted by Crippen LogP contribution is 2.30. The van der Waals surface area contributed by atoms with E-state index < -0.39 is 0 Å². The van der Waals surface area contributed by atoms with E-state index in [2.05, 4.69) is 43.5 Å². The first-order valence-corrected chi connectivity index (χ1v) is 8.69. The van der Waals surface area contributed by atoms with Crippen molar-refractivity contribution in [3.63, 3.8) is 0 Å². The van der Waals surface area contributed by atoms with Gasteiger partial charge < -0.3 is 15.7 Å². The standard InChI is InChI=1S/C22H24N2O2/c1-22(2,3)16-10-8-15(9-11-16)14-23-21(26)24-19-12-13-20(25)18-7-5-4-6-17(18)19/h4-13,25H,14H2,1-3H3,(H2,23,24,26). The highest BCUT2D eigenvalue weighted by Gasteiger charge is 2.13. The molecule has 0 fully saturated rings. The molecule has 0 aliphatic heterocycles. The van der Waals surface area contributed by atoms with E-state index in [0.717, 1.165) is 10.9 Å². The molecule has 4 nitrogen and oxygen atoms in total. The Morgan fingerprint density at radius 2 is 1.58 bits per heavy atom. The first-order valence-electron chi connectivity index (χ1n) is 8.69. The Labute approximate surface area is 153 Å². The summed E-state index contributed by atoms with van der Waals surface area (Å²) in [6, 6.07) is 18.7. The molecular weight excluding hydrogens is 324 g/mol. The van der Waals surface area contributed by atoms with Gasteiger partial charge in [-0.1, -0.05) is 69.3 Å². The van der Waals surface area contributed by atoms with Crippen LogP contribution >= 0.6 is 0 Å². The van der Waals surface area contributed by atoms with Crippen molar-refractivity contribution in [3.8, 4) is 5.75 Å². The molecule has 0 bridgehead atoms. The Balaban J connectivity index is 1.66. The van der Waals surface area contributed by atoms with Gasteiger partial charge in [-0.25, -0.2) is 4.79 Å². The Bertz CT molecular complexity index is 925. The molecule has 0 unspecified atom stereocenters. The number of anilines is 1. The average Bonchev–Trinajstić information content (AvgIpc) is 2.62. The molecular formula is C22H24N2O2. The van der Waals surface area contributed by atoms with Gasteiger partial charge in [-0.05, 0) is 28.7 Å². The SMILES string of the molecule is CC(C)(C)c1ccc(CNC(=O)Nc2ccc(O)c3ccccc23)cc1. The van der Waals surface area contributed by atoms with Crippen LogP contribution in [0, 0.1) is 0 Å². The van der Waals surface area contributed by atoms with Gasteiger partial charge in [-0.15, -0.1) is 0 Å². The second-order valence-corrected chi connectivity index (χ2v) is 7.43. The van der Waals surface area contributed by atoms with Crippen LogP contribution in [0.25, 0.3) is 10.8 Å². The monoisotopic (exact) mass is 348 g/mol. The van der Waals surface area contributed by atoms with Crippen LogP contribution in [0.5, 0.6) is 5.75 Å². The van der Waals surface area contributed by atoms with Gasteiger partial charge in [0.1, 0.15) is 5.75 Å². The molecule has 0 radical (unpaired) electrons. The van der Waals surface area contributed by atoms with E-state index >= 15 is 0 Å². The molecule has 2 amide bonds. The number of phenolic OH excluding ortho intramolecular Hbond substituents is 1. The van der Waals surface area contributed by atoms with E-state index in [4.69, 9.17) is 0 Å². The van der Waals surface area contributed by atoms with Gasteiger partial charge in [0.15, 0.2) is 0 Å². The number of amides is 2. The Morgan fingerprint density at radius 1 is 0.923 bits per heavy atom. The number of carbonyl (C=O) groups is 1. The van der Waals surface area contributed by atoms with Gasteiger partial charge >= 0.3 is 6.03 Å². The molecule has 3 rings (SSSR count). The van der Waals surface area contributed by atoms with Gasteiger partial charge in [-0.3, -0.25) is 0 Å². The Morgan fingerprint density at radius 3 is 2.23 bits per heavy atom. The largest absolute Gasteiger partial charge is 0.507 e. The maximum Gasteiger partial charge on any atom is 0.319 e. The highest BCUT2D eigenvalue weighted by atomic mass is 16.3. The molecule has 26 heavy (non-hydrogen) atoms. The van der Waals surface area contributed by atoms with Crippen molar-refractivity contribution in [3.05, 3.63) is 71.8 Å². The number of aromatic hydroxyl groups is 1. The number of rotatable bonds is 3. The van der Waals surface area contributed by atoms with Crippen LogP contribution in [0.3, 0.4) is 0 Å². The van der Waals surface area contributed by atoms with E-state index in [1.807, 2.05) is 36.4 Å². The third kappa shape index (κ3) is 3.97. The van der Waals surface area contributed by atoms with Gasteiger partial charge in [-0.2, -0.15) is 0 Å². The van der Waals surface area contributed by atoms with Crippen molar-refractivity contribution < 1.29 is 9.90 Å². The van der Waals surface area contributed by atoms with Crippen LogP contribution in [-0.4, -0.2) is 11.1 Å². The number of hydrogen-bond acceptors (Lipinski definition) is 2. The number of fused-ring (bicyclic) bond motifs is 1. The third-order valence-electron chi connectivity index (χ3n) is 4.42. The lowest BCUT2D eigenvalue weighted by Crippen LogP contribution is -2.28. The number of urea groups is 1. The van der Waals surface area contributed by atoms with Crippen molar-refractivity contribution in [2.75, 3.05) is 5.32 Å². The predicted octanol–water partition coefficient (Wildman–Crippen LogP) is 5.16. The molecule has 134 valence electrons. The molecule has 0 saturated heterocycles. The average molecular weight is 348 g/mol. The number of nitrogens with one attached hydrogen (secondary N) is 2. The zero-order chi connectivity index (χ0) is 18.7. The molecule has 0 heterocycles. The molecule has 3 N–H and O–H groups in total. The zero-order valence-electron chi connectivity index (χ0n) is 15.3. The van der Waals surface area contributed by atoms with Gasteiger partial charge in [0, 0.05) is 17.3 Å². The quantitative estimate of drug-likeness (QED) is 0.572. The van der Waals surface area contributed by atoms with Gasteiger partial charge in [0.05, 0.1) is 5.69 Å². The molecule has 0 aliphatic rings. The van der Waals surface area contributed by atoms with Crippen LogP contribution in [0.1, 0.15) is 31.9 Å². The van der Waals surface area contributed by atoms with Crippen LogP contribution in [0.4, 0.5) is 10.5 Å². The summed E-state index contributed by atoms with van der Waals surface area (Å²) < 4.78 is 0. The number of carbonyl (C=O) groups excluding carboxylic acids is 1. The molecule has 0 saturated carbocycles.